The second-order valence-corrected chi connectivity index (χ2v) is 5.93. The minimum atomic E-state index is 0.101. The Morgan fingerprint density at radius 2 is 2.12 bits per heavy atom. The molecule has 1 rings (SSSR count). The summed E-state index contributed by atoms with van der Waals surface area (Å²) in [5, 5.41) is 9.06. The third-order valence-electron chi connectivity index (χ3n) is 2.92. The summed E-state index contributed by atoms with van der Waals surface area (Å²) in [7, 11) is 4.09. The fourth-order valence-corrected chi connectivity index (χ4v) is 2.55. The van der Waals surface area contributed by atoms with Gasteiger partial charge in [0, 0.05) is 38.6 Å². The number of likely N-dealkylation sites (tertiary alicyclic amines) is 1. The molecule has 1 heterocycles. The maximum Gasteiger partial charge on any atom is 0.223 e. The lowest BCUT2D eigenvalue weighted by molar-refractivity contribution is -0.129. The van der Waals surface area contributed by atoms with Crippen molar-refractivity contribution in [2.24, 2.45) is 11.3 Å². The number of amides is 1. The molecule has 0 aromatic carbocycles. The Hall–Kier alpha value is -0.610. The van der Waals surface area contributed by atoms with Gasteiger partial charge in [-0.15, -0.1) is 0 Å². The Kier molecular flexibility index (Phi) is 4.33. The first kappa shape index (κ1) is 13.5. The van der Waals surface area contributed by atoms with Gasteiger partial charge >= 0.3 is 0 Å². The molecular weight excluding hydrogens is 204 g/mol. The molecule has 0 radical (unpaired) electrons. The van der Waals surface area contributed by atoms with Crippen LogP contribution in [0.4, 0.5) is 0 Å². The van der Waals surface area contributed by atoms with Crippen LogP contribution in [0.2, 0.25) is 0 Å². The zero-order chi connectivity index (χ0) is 12.3. The summed E-state index contributed by atoms with van der Waals surface area (Å²) >= 11 is 0. The van der Waals surface area contributed by atoms with Crippen LogP contribution in [-0.4, -0.2) is 61.2 Å². The van der Waals surface area contributed by atoms with E-state index in [0.717, 1.165) is 13.1 Å². The van der Waals surface area contributed by atoms with Crippen LogP contribution >= 0.6 is 0 Å². The minimum Gasteiger partial charge on any atom is -0.396 e. The lowest BCUT2D eigenvalue weighted by Crippen LogP contribution is -2.41. The first-order chi connectivity index (χ1) is 7.34. The van der Waals surface area contributed by atoms with E-state index in [2.05, 4.69) is 18.7 Å². The molecule has 1 fully saturated rings. The molecular formula is C12H24N2O2. The van der Waals surface area contributed by atoms with Gasteiger partial charge in [-0.1, -0.05) is 13.8 Å². The molecule has 1 aliphatic rings. The van der Waals surface area contributed by atoms with E-state index in [0.29, 0.717) is 13.0 Å². The lowest BCUT2D eigenvalue weighted by atomic mass is 9.92. The molecule has 0 saturated carbocycles. The molecule has 1 amide bonds. The molecule has 0 aromatic rings. The number of hydrogen-bond donors (Lipinski definition) is 1. The average Bonchev–Trinajstić information content (AvgIpc) is 2.44. The summed E-state index contributed by atoms with van der Waals surface area (Å²) in [6, 6.07) is 0. The zero-order valence-electron chi connectivity index (χ0n) is 10.9. The Morgan fingerprint density at radius 3 is 2.56 bits per heavy atom. The van der Waals surface area contributed by atoms with E-state index in [1.807, 2.05) is 19.0 Å². The van der Waals surface area contributed by atoms with Crippen LogP contribution in [0.1, 0.15) is 20.3 Å². The summed E-state index contributed by atoms with van der Waals surface area (Å²) in [4.78, 5) is 15.7. The van der Waals surface area contributed by atoms with Crippen LogP contribution in [0, 0.1) is 11.3 Å². The minimum absolute atomic E-state index is 0.101. The van der Waals surface area contributed by atoms with E-state index < -0.39 is 0 Å². The van der Waals surface area contributed by atoms with Gasteiger partial charge in [-0.25, -0.2) is 0 Å². The number of nitrogens with zero attached hydrogens (tertiary/aromatic N) is 2. The summed E-state index contributed by atoms with van der Waals surface area (Å²) in [5.74, 6) is 0.327. The van der Waals surface area contributed by atoms with Crippen molar-refractivity contribution in [3.63, 3.8) is 0 Å². The van der Waals surface area contributed by atoms with Crippen molar-refractivity contribution in [2.45, 2.75) is 20.3 Å². The molecule has 16 heavy (non-hydrogen) atoms. The second-order valence-electron chi connectivity index (χ2n) is 5.93. The van der Waals surface area contributed by atoms with Crippen molar-refractivity contribution in [3.8, 4) is 0 Å². The molecule has 0 aliphatic carbocycles. The van der Waals surface area contributed by atoms with Gasteiger partial charge in [-0.3, -0.25) is 4.79 Å². The molecule has 0 spiro atoms. The molecule has 4 heteroatoms. The van der Waals surface area contributed by atoms with Gasteiger partial charge < -0.3 is 14.9 Å². The fourth-order valence-electron chi connectivity index (χ4n) is 2.55. The van der Waals surface area contributed by atoms with E-state index in [1.54, 1.807) is 0 Å². The van der Waals surface area contributed by atoms with Crippen molar-refractivity contribution in [1.29, 1.82) is 0 Å². The third kappa shape index (κ3) is 3.76. The topological polar surface area (TPSA) is 43.8 Å². The van der Waals surface area contributed by atoms with E-state index in [4.69, 9.17) is 5.11 Å². The highest BCUT2D eigenvalue weighted by atomic mass is 16.3. The summed E-state index contributed by atoms with van der Waals surface area (Å²) in [6.45, 7) is 6.92. The third-order valence-corrected chi connectivity index (χ3v) is 2.92. The second kappa shape index (κ2) is 5.15. The predicted octanol–water partition coefficient (Wildman–Crippen LogP) is 0.415. The standard InChI is InChI=1S/C12H24N2O2/c1-12(2,8-13(3)4)9-14-6-10(7-15)5-11(14)16/h10,15H,5-9H2,1-4H3. The summed E-state index contributed by atoms with van der Waals surface area (Å²) < 4.78 is 0. The molecule has 1 atom stereocenters. The van der Waals surface area contributed by atoms with E-state index >= 15 is 0 Å². The smallest absolute Gasteiger partial charge is 0.223 e. The number of aliphatic hydroxyl groups is 1. The molecule has 1 N–H and O–H groups in total. The summed E-state index contributed by atoms with van der Waals surface area (Å²) in [5.41, 5.74) is 0.101. The van der Waals surface area contributed by atoms with Gasteiger partial charge in [0.1, 0.15) is 0 Å². The molecule has 0 bridgehead atoms. The van der Waals surface area contributed by atoms with Gasteiger partial charge in [-0.2, -0.15) is 0 Å². The highest BCUT2D eigenvalue weighted by Crippen LogP contribution is 2.24. The van der Waals surface area contributed by atoms with E-state index in [-0.39, 0.29) is 23.8 Å². The van der Waals surface area contributed by atoms with E-state index in [1.165, 1.54) is 0 Å². The first-order valence-electron chi connectivity index (χ1n) is 5.87. The molecule has 1 saturated heterocycles. The Bertz CT molecular complexity index is 251. The van der Waals surface area contributed by atoms with Gasteiger partial charge in [0.15, 0.2) is 0 Å². The Balaban J connectivity index is 2.50. The lowest BCUT2D eigenvalue weighted by Gasteiger charge is -2.32. The number of carbonyl (C=O) groups excluding carboxylic acids is 1. The number of rotatable bonds is 5. The zero-order valence-corrected chi connectivity index (χ0v) is 10.9. The van der Waals surface area contributed by atoms with Gasteiger partial charge in [0.25, 0.3) is 0 Å². The van der Waals surface area contributed by atoms with E-state index in [9.17, 15) is 4.79 Å². The number of aliphatic hydroxyl groups excluding tert-OH is 1. The molecule has 1 unspecified atom stereocenters. The monoisotopic (exact) mass is 228 g/mol. The molecule has 0 aromatic heterocycles. The molecule has 1 aliphatic heterocycles. The Morgan fingerprint density at radius 1 is 1.50 bits per heavy atom. The van der Waals surface area contributed by atoms with Crippen LogP contribution in [0.25, 0.3) is 0 Å². The largest absolute Gasteiger partial charge is 0.396 e. The van der Waals surface area contributed by atoms with Crippen molar-refractivity contribution < 1.29 is 9.90 Å². The maximum atomic E-state index is 11.7. The number of carbonyl (C=O) groups is 1. The van der Waals surface area contributed by atoms with Crippen LogP contribution in [0.5, 0.6) is 0 Å². The van der Waals surface area contributed by atoms with Crippen molar-refractivity contribution in [2.75, 3.05) is 40.3 Å². The summed E-state index contributed by atoms with van der Waals surface area (Å²) in [6.07, 6.45) is 0.508. The molecule has 94 valence electrons. The highest BCUT2D eigenvalue weighted by molar-refractivity contribution is 5.78. The number of hydrogen-bond acceptors (Lipinski definition) is 3. The van der Waals surface area contributed by atoms with Crippen LogP contribution in [0.3, 0.4) is 0 Å². The van der Waals surface area contributed by atoms with Crippen molar-refractivity contribution in [3.05, 3.63) is 0 Å². The predicted molar refractivity (Wildman–Crippen MR) is 64.1 cm³/mol. The van der Waals surface area contributed by atoms with Crippen molar-refractivity contribution >= 4 is 5.91 Å². The maximum absolute atomic E-state index is 11.7. The van der Waals surface area contributed by atoms with Gasteiger partial charge in [0.2, 0.25) is 5.91 Å². The fraction of sp³-hybridized carbons (Fsp3) is 0.917. The highest BCUT2D eigenvalue weighted by Gasteiger charge is 2.33. The first-order valence-corrected chi connectivity index (χ1v) is 5.87. The van der Waals surface area contributed by atoms with Gasteiger partial charge in [0.05, 0.1) is 0 Å². The normalized spacial score (nSPS) is 22.2. The van der Waals surface area contributed by atoms with Crippen LogP contribution in [-0.2, 0) is 4.79 Å². The quantitative estimate of drug-likeness (QED) is 0.741. The SMILES string of the molecule is CN(C)CC(C)(C)CN1CC(CO)CC1=O. The van der Waals surface area contributed by atoms with Crippen LogP contribution in [0.15, 0.2) is 0 Å². The average molecular weight is 228 g/mol. The van der Waals surface area contributed by atoms with Gasteiger partial charge in [-0.05, 0) is 19.5 Å². The molecule has 4 nitrogen and oxygen atoms in total. The van der Waals surface area contributed by atoms with Crippen molar-refractivity contribution in [1.82, 2.24) is 9.80 Å². The Labute approximate surface area is 98.2 Å². The van der Waals surface area contributed by atoms with Crippen LogP contribution < -0.4 is 0 Å².